The van der Waals surface area contributed by atoms with Crippen LogP contribution in [0, 0.1) is 0 Å². The van der Waals surface area contributed by atoms with Crippen molar-refractivity contribution in [2.24, 2.45) is 5.73 Å². The highest BCUT2D eigenvalue weighted by atomic mass is 16.5. The lowest BCUT2D eigenvalue weighted by molar-refractivity contribution is 0.229. The minimum atomic E-state index is -0.0932. The molecule has 1 aromatic carbocycles. The Bertz CT molecular complexity index is 409. The highest BCUT2D eigenvalue weighted by Crippen LogP contribution is 2.28. The quantitative estimate of drug-likeness (QED) is 0.795. The normalized spacial score (nSPS) is 14.2. The molecule has 0 bridgehead atoms. The Labute approximate surface area is 122 Å². The van der Waals surface area contributed by atoms with Crippen LogP contribution in [0.3, 0.4) is 0 Å². The molecule has 1 rings (SSSR count). The van der Waals surface area contributed by atoms with Crippen LogP contribution in [0.5, 0.6) is 11.5 Å². The maximum absolute atomic E-state index is 6.35. The molecule has 0 spiro atoms. The molecule has 0 heterocycles. The van der Waals surface area contributed by atoms with Crippen molar-refractivity contribution in [1.29, 1.82) is 0 Å². The fourth-order valence-corrected chi connectivity index (χ4v) is 2.36. The molecule has 4 heteroatoms. The lowest BCUT2D eigenvalue weighted by Gasteiger charge is -2.28. The van der Waals surface area contributed by atoms with Gasteiger partial charge in [-0.25, -0.2) is 0 Å². The van der Waals surface area contributed by atoms with E-state index >= 15 is 0 Å². The van der Waals surface area contributed by atoms with Gasteiger partial charge in [0.2, 0.25) is 0 Å². The fraction of sp³-hybridized carbons (Fsp3) is 0.625. The molecule has 0 fully saturated rings. The van der Waals surface area contributed by atoms with Gasteiger partial charge in [-0.2, -0.15) is 0 Å². The van der Waals surface area contributed by atoms with E-state index in [4.69, 9.17) is 15.2 Å². The van der Waals surface area contributed by atoms with E-state index in [9.17, 15) is 0 Å². The fourth-order valence-electron chi connectivity index (χ4n) is 2.36. The third-order valence-electron chi connectivity index (χ3n) is 3.78. The third kappa shape index (κ3) is 4.39. The van der Waals surface area contributed by atoms with Crippen molar-refractivity contribution >= 4 is 0 Å². The molecular weight excluding hydrogens is 252 g/mol. The lowest BCUT2D eigenvalue weighted by atomic mass is 10.0. The molecule has 2 unspecified atom stereocenters. The van der Waals surface area contributed by atoms with E-state index < -0.39 is 0 Å². The van der Waals surface area contributed by atoms with Gasteiger partial charge in [0.05, 0.1) is 14.2 Å². The number of hydrogen-bond donors (Lipinski definition) is 1. The first-order chi connectivity index (χ1) is 9.53. The topological polar surface area (TPSA) is 47.7 Å². The van der Waals surface area contributed by atoms with Crippen molar-refractivity contribution in [1.82, 2.24) is 4.90 Å². The standard InChI is InChI=1S/C16H28N2O2/c1-6-7-12(2)18(3)11-15(17)14-10-13(19-4)8-9-16(14)20-5/h8-10,12,15H,6-7,11,17H2,1-5H3. The lowest BCUT2D eigenvalue weighted by Crippen LogP contribution is -2.35. The highest BCUT2D eigenvalue weighted by molar-refractivity contribution is 5.42. The Hall–Kier alpha value is -1.26. The maximum Gasteiger partial charge on any atom is 0.123 e. The van der Waals surface area contributed by atoms with Crippen molar-refractivity contribution < 1.29 is 9.47 Å². The summed E-state index contributed by atoms with van der Waals surface area (Å²) in [6.45, 7) is 5.24. The number of likely N-dealkylation sites (N-methyl/N-ethyl adjacent to an activating group) is 1. The number of nitrogens with zero attached hydrogens (tertiary/aromatic N) is 1. The Morgan fingerprint density at radius 3 is 2.50 bits per heavy atom. The summed E-state index contributed by atoms with van der Waals surface area (Å²) < 4.78 is 10.7. The second-order valence-electron chi connectivity index (χ2n) is 5.29. The van der Waals surface area contributed by atoms with Crippen molar-refractivity contribution in [3.05, 3.63) is 23.8 Å². The van der Waals surface area contributed by atoms with E-state index in [1.807, 2.05) is 18.2 Å². The maximum atomic E-state index is 6.35. The average Bonchev–Trinajstić information content (AvgIpc) is 2.46. The molecule has 20 heavy (non-hydrogen) atoms. The van der Waals surface area contributed by atoms with Gasteiger partial charge in [-0.3, -0.25) is 0 Å². The van der Waals surface area contributed by atoms with Crippen LogP contribution < -0.4 is 15.2 Å². The predicted molar refractivity (Wildman–Crippen MR) is 83.5 cm³/mol. The Kier molecular flexibility index (Phi) is 6.82. The summed E-state index contributed by atoms with van der Waals surface area (Å²) in [7, 11) is 5.45. The SMILES string of the molecule is CCCC(C)N(C)CC(N)c1cc(OC)ccc1OC. The molecule has 0 aromatic heterocycles. The first-order valence-corrected chi connectivity index (χ1v) is 7.21. The van der Waals surface area contributed by atoms with E-state index in [0.717, 1.165) is 23.6 Å². The summed E-state index contributed by atoms with van der Waals surface area (Å²) in [5, 5.41) is 0. The Morgan fingerprint density at radius 2 is 1.95 bits per heavy atom. The van der Waals surface area contributed by atoms with Gasteiger partial charge in [0.15, 0.2) is 0 Å². The smallest absolute Gasteiger partial charge is 0.123 e. The van der Waals surface area contributed by atoms with Crippen molar-refractivity contribution in [2.75, 3.05) is 27.8 Å². The largest absolute Gasteiger partial charge is 0.497 e. The Morgan fingerprint density at radius 1 is 1.25 bits per heavy atom. The number of benzene rings is 1. The molecule has 2 atom stereocenters. The molecule has 4 nitrogen and oxygen atoms in total. The summed E-state index contributed by atoms with van der Waals surface area (Å²) in [6.07, 6.45) is 2.36. The van der Waals surface area contributed by atoms with Crippen LogP contribution in [0.15, 0.2) is 18.2 Å². The molecule has 2 N–H and O–H groups in total. The van der Waals surface area contributed by atoms with E-state index in [1.54, 1.807) is 14.2 Å². The zero-order valence-corrected chi connectivity index (χ0v) is 13.3. The van der Waals surface area contributed by atoms with Gasteiger partial charge in [-0.05, 0) is 38.6 Å². The van der Waals surface area contributed by atoms with E-state index in [0.29, 0.717) is 6.04 Å². The molecular formula is C16H28N2O2. The first-order valence-electron chi connectivity index (χ1n) is 7.21. The summed E-state index contributed by atoms with van der Waals surface area (Å²) >= 11 is 0. The number of nitrogens with two attached hydrogens (primary N) is 1. The van der Waals surface area contributed by atoms with Crippen LogP contribution in [0.1, 0.15) is 38.3 Å². The van der Waals surface area contributed by atoms with Crippen LogP contribution in [0.4, 0.5) is 0 Å². The molecule has 0 aliphatic carbocycles. The zero-order valence-electron chi connectivity index (χ0n) is 13.3. The van der Waals surface area contributed by atoms with Crippen molar-refractivity contribution in [2.45, 2.75) is 38.8 Å². The van der Waals surface area contributed by atoms with Crippen LogP contribution >= 0.6 is 0 Å². The molecule has 0 amide bonds. The monoisotopic (exact) mass is 280 g/mol. The number of methoxy groups -OCH3 is 2. The second-order valence-corrected chi connectivity index (χ2v) is 5.29. The molecule has 0 aliphatic rings. The van der Waals surface area contributed by atoms with Gasteiger partial charge in [0, 0.05) is 24.2 Å². The summed E-state index contributed by atoms with van der Waals surface area (Å²) in [5.74, 6) is 1.62. The van der Waals surface area contributed by atoms with Gasteiger partial charge < -0.3 is 20.1 Å². The average molecular weight is 280 g/mol. The van der Waals surface area contributed by atoms with Crippen LogP contribution in [-0.2, 0) is 0 Å². The number of hydrogen-bond acceptors (Lipinski definition) is 4. The molecule has 0 saturated heterocycles. The van der Waals surface area contributed by atoms with Crippen LogP contribution in [-0.4, -0.2) is 38.8 Å². The molecule has 1 aromatic rings. The third-order valence-corrected chi connectivity index (χ3v) is 3.78. The predicted octanol–water partition coefficient (Wildman–Crippen LogP) is 2.82. The molecule has 0 aliphatic heterocycles. The van der Waals surface area contributed by atoms with Gasteiger partial charge >= 0.3 is 0 Å². The molecule has 0 radical (unpaired) electrons. The van der Waals surface area contributed by atoms with Gasteiger partial charge in [-0.1, -0.05) is 13.3 Å². The minimum Gasteiger partial charge on any atom is -0.497 e. The summed E-state index contributed by atoms with van der Waals surface area (Å²) in [4.78, 5) is 2.30. The summed E-state index contributed by atoms with van der Waals surface area (Å²) in [5.41, 5.74) is 7.34. The van der Waals surface area contributed by atoms with Crippen molar-refractivity contribution in [3.63, 3.8) is 0 Å². The van der Waals surface area contributed by atoms with E-state index in [-0.39, 0.29) is 6.04 Å². The van der Waals surface area contributed by atoms with Gasteiger partial charge in [0.25, 0.3) is 0 Å². The first kappa shape index (κ1) is 16.8. The highest BCUT2D eigenvalue weighted by Gasteiger charge is 2.17. The minimum absolute atomic E-state index is 0.0932. The van der Waals surface area contributed by atoms with Crippen LogP contribution in [0.25, 0.3) is 0 Å². The van der Waals surface area contributed by atoms with Gasteiger partial charge in [0.1, 0.15) is 11.5 Å². The molecule has 0 saturated carbocycles. The molecule has 114 valence electrons. The Balaban J connectivity index is 2.82. The van der Waals surface area contributed by atoms with Gasteiger partial charge in [-0.15, -0.1) is 0 Å². The van der Waals surface area contributed by atoms with Crippen molar-refractivity contribution in [3.8, 4) is 11.5 Å². The van der Waals surface area contributed by atoms with Crippen LogP contribution in [0.2, 0.25) is 0 Å². The number of ether oxygens (including phenoxy) is 2. The van der Waals surface area contributed by atoms with E-state index in [1.165, 1.54) is 12.8 Å². The zero-order chi connectivity index (χ0) is 15.1. The second kappa shape index (κ2) is 8.12. The summed E-state index contributed by atoms with van der Waals surface area (Å²) in [6, 6.07) is 6.19. The van der Waals surface area contributed by atoms with E-state index in [2.05, 4.69) is 25.8 Å². The number of rotatable bonds is 8.